The third kappa shape index (κ3) is 5.39. The van der Waals surface area contributed by atoms with Crippen LogP contribution in [0.15, 0.2) is 194 Å². The summed E-state index contributed by atoms with van der Waals surface area (Å²) in [5.74, 6) is 0.714. The first-order valence-corrected chi connectivity index (χ1v) is 16.8. The Morgan fingerprint density at radius 2 is 0.740 bits per heavy atom. The lowest BCUT2D eigenvalue weighted by atomic mass is 10.0. The van der Waals surface area contributed by atoms with E-state index in [9.17, 15) is 0 Å². The molecule has 0 radical (unpaired) electrons. The van der Waals surface area contributed by atoms with Gasteiger partial charge in [0.05, 0.1) is 11.0 Å². The van der Waals surface area contributed by atoms with Gasteiger partial charge in [-0.15, -0.1) is 0 Å². The third-order valence-corrected chi connectivity index (χ3v) is 9.35. The smallest absolute Gasteiger partial charge is 0.159 e. The number of hydrogen-bond acceptors (Lipinski definition) is 3. The number of hydrogen-bond donors (Lipinski definition) is 0. The molecule has 0 bridgehead atoms. The second-order valence-electron chi connectivity index (χ2n) is 12.3. The number of para-hydroxylation sites is 2. The quantitative estimate of drug-likeness (QED) is 0.174. The van der Waals surface area contributed by atoms with Crippen molar-refractivity contribution in [2.45, 2.75) is 0 Å². The molecule has 4 heteroatoms. The number of rotatable bonds is 7. The molecule has 4 nitrogen and oxygen atoms in total. The van der Waals surface area contributed by atoms with Gasteiger partial charge in [0.1, 0.15) is 0 Å². The van der Waals surface area contributed by atoms with Crippen molar-refractivity contribution in [1.29, 1.82) is 0 Å². The highest BCUT2D eigenvalue weighted by molar-refractivity contribution is 6.09. The lowest BCUT2D eigenvalue weighted by Gasteiger charge is -2.26. The first-order valence-electron chi connectivity index (χ1n) is 16.8. The van der Waals surface area contributed by atoms with Crippen LogP contribution in [0.3, 0.4) is 0 Å². The van der Waals surface area contributed by atoms with Crippen LogP contribution in [0.1, 0.15) is 0 Å². The summed E-state index contributed by atoms with van der Waals surface area (Å²) in [6.45, 7) is 0. The van der Waals surface area contributed by atoms with Gasteiger partial charge in [0, 0.05) is 51.5 Å². The number of aromatic nitrogens is 3. The summed E-state index contributed by atoms with van der Waals surface area (Å²) in [4.78, 5) is 11.2. The van der Waals surface area contributed by atoms with E-state index >= 15 is 0 Å². The maximum atomic E-state index is 4.44. The lowest BCUT2D eigenvalue weighted by Crippen LogP contribution is -2.09. The maximum absolute atomic E-state index is 4.44. The Hall–Kier alpha value is -6.78. The lowest BCUT2D eigenvalue weighted by molar-refractivity contribution is 1.17. The first kappa shape index (κ1) is 29.4. The maximum Gasteiger partial charge on any atom is 0.159 e. The fourth-order valence-electron chi connectivity index (χ4n) is 6.90. The van der Waals surface area contributed by atoms with Crippen molar-refractivity contribution in [3.05, 3.63) is 194 Å². The highest BCUT2D eigenvalue weighted by Gasteiger charge is 2.15. The summed E-state index contributed by atoms with van der Waals surface area (Å²) in [6.07, 6.45) is 3.55. The van der Waals surface area contributed by atoms with Gasteiger partial charge in [-0.1, -0.05) is 103 Å². The van der Waals surface area contributed by atoms with Crippen LogP contribution >= 0.6 is 0 Å². The van der Waals surface area contributed by atoms with Crippen molar-refractivity contribution < 1.29 is 0 Å². The molecule has 0 atom stereocenters. The van der Waals surface area contributed by atoms with Crippen LogP contribution in [-0.4, -0.2) is 14.5 Å². The van der Waals surface area contributed by atoms with Gasteiger partial charge in [-0.2, -0.15) is 0 Å². The van der Waals surface area contributed by atoms with Crippen molar-refractivity contribution in [1.82, 2.24) is 14.5 Å². The molecule has 2 heterocycles. The Balaban J connectivity index is 1.05. The SMILES string of the molecule is c1ccc(-c2ccc(N(c3ccc(-c4ccc(-n5c6ccccc6c6ccccc65)cc4)cc3)c3ccc(-c4ncccn4)cc3)cc2)cc1. The zero-order valence-corrected chi connectivity index (χ0v) is 27.3. The molecule has 0 unspecified atom stereocenters. The van der Waals surface area contributed by atoms with E-state index in [4.69, 9.17) is 0 Å². The fourth-order valence-corrected chi connectivity index (χ4v) is 6.90. The monoisotopic (exact) mass is 640 g/mol. The van der Waals surface area contributed by atoms with Crippen LogP contribution in [0.2, 0.25) is 0 Å². The average molecular weight is 641 g/mol. The van der Waals surface area contributed by atoms with E-state index in [2.05, 4.69) is 189 Å². The molecule has 0 saturated carbocycles. The number of anilines is 3. The van der Waals surface area contributed by atoms with E-state index in [1.165, 1.54) is 44.1 Å². The van der Waals surface area contributed by atoms with E-state index in [-0.39, 0.29) is 0 Å². The molecular formula is C46H32N4. The van der Waals surface area contributed by atoms with Crippen molar-refractivity contribution in [2.24, 2.45) is 0 Å². The molecular weight excluding hydrogens is 609 g/mol. The summed E-state index contributed by atoms with van der Waals surface area (Å²) in [6, 6.07) is 64.5. The Morgan fingerprint density at radius 3 is 1.24 bits per heavy atom. The molecule has 0 aliphatic carbocycles. The van der Waals surface area contributed by atoms with Crippen LogP contribution in [0.25, 0.3) is 61.1 Å². The Kier molecular flexibility index (Phi) is 7.45. The fraction of sp³-hybridized carbons (Fsp3) is 0. The van der Waals surface area contributed by atoms with Gasteiger partial charge in [0.25, 0.3) is 0 Å². The normalized spacial score (nSPS) is 11.2. The molecule has 9 rings (SSSR count). The minimum absolute atomic E-state index is 0.714. The predicted octanol–water partition coefficient (Wildman–Crippen LogP) is 12.0. The van der Waals surface area contributed by atoms with Gasteiger partial charge in [-0.25, -0.2) is 9.97 Å². The van der Waals surface area contributed by atoms with Crippen LogP contribution in [0.5, 0.6) is 0 Å². The highest BCUT2D eigenvalue weighted by atomic mass is 15.1. The second kappa shape index (κ2) is 12.7. The summed E-state index contributed by atoms with van der Waals surface area (Å²) in [5.41, 5.74) is 12.5. The first-order chi connectivity index (χ1) is 24.8. The molecule has 7 aromatic carbocycles. The molecule has 50 heavy (non-hydrogen) atoms. The van der Waals surface area contributed by atoms with Gasteiger partial charge in [-0.05, 0) is 101 Å². The summed E-state index contributed by atoms with van der Waals surface area (Å²) >= 11 is 0. The van der Waals surface area contributed by atoms with Crippen LogP contribution in [0, 0.1) is 0 Å². The van der Waals surface area contributed by atoms with Gasteiger partial charge < -0.3 is 9.47 Å². The van der Waals surface area contributed by atoms with Crippen LogP contribution < -0.4 is 4.90 Å². The molecule has 2 aromatic heterocycles. The largest absolute Gasteiger partial charge is 0.311 e. The standard InChI is InChI=1S/C46H32N4/c1-2-9-33(10-3-1)34-15-23-38(24-16-34)49(40-29-21-37(22-30-40)46-47-31-8-32-48-46)39-25-17-35(18-26-39)36-19-27-41(28-20-36)50-44-13-6-4-11-42(44)43-12-5-7-14-45(43)50/h1-32H. The molecule has 0 N–H and O–H groups in total. The third-order valence-electron chi connectivity index (χ3n) is 9.35. The van der Waals surface area contributed by atoms with E-state index in [1.807, 2.05) is 12.1 Å². The molecule has 0 amide bonds. The number of nitrogens with zero attached hydrogens (tertiary/aromatic N) is 4. The molecule has 236 valence electrons. The number of fused-ring (bicyclic) bond motifs is 3. The van der Waals surface area contributed by atoms with Gasteiger partial charge in [0.2, 0.25) is 0 Å². The minimum Gasteiger partial charge on any atom is -0.311 e. The van der Waals surface area contributed by atoms with E-state index < -0.39 is 0 Å². The molecule has 0 spiro atoms. The van der Waals surface area contributed by atoms with Crippen LogP contribution in [-0.2, 0) is 0 Å². The summed E-state index contributed by atoms with van der Waals surface area (Å²) < 4.78 is 2.35. The predicted molar refractivity (Wildman–Crippen MR) is 207 cm³/mol. The van der Waals surface area contributed by atoms with E-state index in [0.717, 1.165) is 28.3 Å². The zero-order chi connectivity index (χ0) is 33.3. The Labute approximate surface area is 291 Å². The molecule has 0 saturated heterocycles. The van der Waals surface area contributed by atoms with Crippen molar-refractivity contribution in [3.8, 4) is 39.3 Å². The van der Waals surface area contributed by atoms with Gasteiger partial charge in [-0.3, -0.25) is 0 Å². The van der Waals surface area contributed by atoms with Crippen LogP contribution in [0.4, 0.5) is 17.1 Å². The second-order valence-corrected chi connectivity index (χ2v) is 12.3. The minimum atomic E-state index is 0.714. The summed E-state index contributed by atoms with van der Waals surface area (Å²) in [5, 5.41) is 2.54. The molecule has 0 aliphatic rings. The van der Waals surface area contributed by atoms with Crippen molar-refractivity contribution >= 4 is 38.9 Å². The average Bonchev–Trinajstić information content (AvgIpc) is 3.54. The molecule has 0 aliphatic heterocycles. The topological polar surface area (TPSA) is 34.0 Å². The number of benzene rings is 7. The Morgan fingerprint density at radius 1 is 0.340 bits per heavy atom. The van der Waals surface area contributed by atoms with Crippen molar-refractivity contribution in [2.75, 3.05) is 4.90 Å². The van der Waals surface area contributed by atoms with E-state index in [1.54, 1.807) is 12.4 Å². The Bertz CT molecular complexity index is 2400. The van der Waals surface area contributed by atoms with E-state index in [0.29, 0.717) is 5.82 Å². The zero-order valence-electron chi connectivity index (χ0n) is 27.3. The molecule has 9 aromatic rings. The molecule has 0 fully saturated rings. The van der Waals surface area contributed by atoms with Crippen molar-refractivity contribution in [3.63, 3.8) is 0 Å². The summed E-state index contributed by atoms with van der Waals surface area (Å²) in [7, 11) is 0. The van der Waals surface area contributed by atoms with Gasteiger partial charge >= 0.3 is 0 Å². The van der Waals surface area contributed by atoms with Gasteiger partial charge in [0.15, 0.2) is 5.82 Å². The highest BCUT2D eigenvalue weighted by Crippen LogP contribution is 2.38.